The third kappa shape index (κ3) is 5.35. The molecule has 1 amide bonds. The normalized spacial score (nSPS) is 19.1. The zero-order valence-corrected chi connectivity index (χ0v) is 24.5. The topological polar surface area (TPSA) is 129 Å². The molecule has 10 nitrogen and oxygen atoms in total. The average Bonchev–Trinajstić information content (AvgIpc) is 3.33. The summed E-state index contributed by atoms with van der Waals surface area (Å²) < 4.78 is 8.94. The Morgan fingerprint density at radius 3 is 2.58 bits per heavy atom. The molecule has 0 bridgehead atoms. The second-order valence-corrected chi connectivity index (χ2v) is 11.1. The van der Waals surface area contributed by atoms with Crippen LogP contribution in [-0.4, -0.2) is 42.3 Å². The van der Waals surface area contributed by atoms with Gasteiger partial charge >= 0.3 is 0 Å². The van der Waals surface area contributed by atoms with Gasteiger partial charge in [0.2, 0.25) is 0 Å². The minimum atomic E-state index is -0.677. The molecule has 4 heterocycles. The molecule has 0 aliphatic carbocycles. The summed E-state index contributed by atoms with van der Waals surface area (Å²) in [4.78, 5) is 37.1. The van der Waals surface area contributed by atoms with Crippen LogP contribution in [0.15, 0.2) is 65.6 Å². The molecule has 3 N–H and O–H groups in total. The van der Waals surface area contributed by atoms with Crippen LogP contribution in [0.2, 0.25) is 0 Å². The number of benzene rings is 2. The molecule has 10 heteroatoms. The van der Waals surface area contributed by atoms with Crippen LogP contribution in [-0.2, 0) is 4.74 Å². The van der Waals surface area contributed by atoms with Crippen LogP contribution >= 0.6 is 0 Å². The van der Waals surface area contributed by atoms with E-state index in [0.29, 0.717) is 33.6 Å². The van der Waals surface area contributed by atoms with E-state index in [1.165, 1.54) is 4.52 Å². The summed E-state index contributed by atoms with van der Waals surface area (Å²) in [6.07, 6.45) is 3.59. The molecule has 3 aromatic heterocycles. The Hall–Kier alpha value is -5.01. The van der Waals surface area contributed by atoms with Crippen molar-refractivity contribution in [2.75, 3.05) is 5.73 Å². The van der Waals surface area contributed by atoms with Crippen LogP contribution < -0.4 is 16.6 Å². The van der Waals surface area contributed by atoms with Crippen LogP contribution in [0.4, 0.5) is 5.82 Å². The van der Waals surface area contributed by atoms with Crippen molar-refractivity contribution in [3.05, 3.63) is 93.8 Å². The Balaban J connectivity index is 1.43. The molecule has 5 aromatic rings. The minimum Gasteiger partial charge on any atom is -0.381 e. The first kappa shape index (κ1) is 28.1. The van der Waals surface area contributed by atoms with Gasteiger partial charge in [-0.25, -0.2) is 14.5 Å². The maximum absolute atomic E-state index is 14.3. The van der Waals surface area contributed by atoms with E-state index in [1.807, 2.05) is 49.4 Å². The highest BCUT2D eigenvalue weighted by Gasteiger charge is 2.26. The number of anilines is 1. The van der Waals surface area contributed by atoms with Gasteiger partial charge in [-0.3, -0.25) is 14.2 Å². The molecular formula is C33H33N7O3. The number of rotatable bonds is 4. The largest absolute Gasteiger partial charge is 0.381 e. The summed E-state index contributed by atoms with van der Waals surface area (Å²) in [5.41, 5.74) is 8.94. The van der Waals surface area contributed by atoms with E-state index in [2.05, 4.69) is 41.1 Å². The Kier molecular flexibility index (Phi) is 7.42. The van der Waals surface area contributed by atoms with E-state index in [-0.39, 0.29) is 35.1 Å². The van der Waals surface area contributed by atoms with Crippen molar-refractivity contribution >= 4 is 28.3 Å². The van der Waals surface area contributed by atoms with Gasteiger partial charge < -0.3 is 15.8 Å². The molecule has 218 valence electrons. The first-order valence-electron chi connectivity index (χ1n) is 14.4. The summed E-state index contributed by atoms with van der Waals surface area (Å²) in [5.74, 6) is 6.82. The summed E-state index contributed by atoms with van der Waals surface area (Å²) in [5, 5.41) is 7.68. The number of hydrogen-bond donors (Lipinski definition) is 2. The lowest BCUT2D eigenvalue weighted by Gasteiger charge is -2.29. The van der Waals surface area contributed by atoms with Crippen molar-refractivity contribution in [2.45, 2.75) is 58.8 Å². The number of nitrogens with two attached hydrogens (primary N) is 1. The molecule has 43 heavy (non-hydrogen) atoms. The van der Waals surface area contributed by atoms with Crippen molar-refractivity contribution in [1.82, 2.24) is 29.5 Å². The van der Waals surface area contributed by atoms with Crippen molar-refractivity contribution in [2.24, 2.45) is 5.92 Å². The third-order valence-electron chi connectivity index (χ3n) is 7.74. The van der Waals surface area contributed by atoms with Crippen LogP contribution in [0.3, 0.4) is 0 Å². The van der Waals surface area contributed by atoms with E-state index in [4.69, 9.17) is 15.5 Å². The fraction of sp³-hybridized carbons (Fsp3) is 0.303. The highest BCUT2D eigenvalue weighted by Crippen LogP contribution is 2.25. The number of nitrogens with zero attached hydrogens (tertiary/aromatic N) is 5. The maximum Gasteiger partial charge on any atom is 0.267 e. The number of nitrogen functional groups attached to an aromatic ring is 1. The Morgan fingerprint density at radius 1 is 1.09 bits per heavy atom. The van der Waals surface area contributed by atoms with Gasteiger partial charge in [-0.05, 0) is 70.9 Å². The van der Waals surface area contributed by atoms with Gasteiger partial charge in [-0.2, -0.15) is 0 Å². The summed E-state index contributed by atoms with van der Waals surface area (Å²) in [6.45, 7) is 7.76. The highest BCUT2D eigenvalue weighted by atomic mass is 16.5. The van der Waals surface area contributed by atoms with Gasteiger partial charge in [0, 0.05) is 23.4 Å². The van der Waals surface area contributed by atoms with Crippen molar-refractivity contribution in [3.63, 3.8) is 0 Å². The number of fused-ring (bicyclic) bond motifs is 2. The molecule has 1 aliphatic rings. The number of nitrogens with one attached hydrogen (secondary N) is 1. The van der Waals surface area contributed by atoms with E-state index in [1.54, 1.807) is 29.8 Å². The second-order valence-electron chi connectivity index (χ2n) is 11.1. The van der Waals surface area contributed by atoms with Crippen molar-refractivity contribution < 1.29 is 9.53 Å². The first-order valence-corrected chi connectivity index (χ1v) is 14.4. The Morgan fingerprint density at radius 2 is 1.84 bits per heavy atom. The molecule has 6 rings (SSSR count). The lowest BCUT2D eigenvalue weighted by Crippen LogP contribution is -2.33. The lowest BCUT2D eigenvalue weighted by molar-refractivity contribution is -0.0419. The molecule has 0 radical (unpaired) electrons. The van der Waals surface area contributed by atoms with E-state index >= 15 is 0 Å². The van der Waals surface area contributed by atoms with Gasteiger partial charge in [0.25, 0.3) is 11.5 Å². The standard InChI is InChI=1S/C33H33N7O3/c1-19-15-16-35-31-28(29(34)38-40(19)31)32(41)36-22(4)30-37-26-12-8-9-24(14-13-23-17-20(2)43-21(3)18-23)27(26)33(42)39(30)25-10-6-5-7-11-25/h5-12,15-16,20-23H,17-18H2,1-4H3,(H2,34,38)(H,36,41). The number of hydrogen-bond acceptors (Lipinski definition) is 7. The molecule has 0 saturated carbocycles. The number of para-hydroxylation sites is 1. The second kappa shape index (κ2) is 11.3. The van der Waals surface area contributed by atoms with Gasteiger partial charge in [0.15, 0.2) is 11.5 Å². The summed E-state index contributed by atoms with van der Waals surface area (Å²) in [6, 6.07) is 15.9. The molecule has 3 unspecified atom stereocenters. The smallest absolute Gasteiger partial charge is 0.267 e. The average molecular weight is 576 g/mol. The molecular weight excluding hydrogens is 542 g/mol. The molecule has 1 aliphatic heterocycles. The number of aromatic nitrogens is 5. The van der Waals surface area contributed by atoms with Crippen LogP contribution in [0.5, 0.6) is 0 Å². The number of carbonyl (C=O) groups excluding carboxylic acids is 1. The van der Waals surface area contributed by atoms with E-state index in [9.17, 15) is 9.59 Å². The number of aryl methyl sites for hydroxylation is 1. The zero-order chi connectivity index (χ0) is 30.2. The van der Waals surface area contributed by atoms with Gasteiger partial charge in [0.1, 0.15) is 11.4 Å². The Bertz CT molecular complexity index is 1960. The van der Waals surface area contributed by atoms with E-state index in [0.717, 1.165) is 18.5 Å². The van der Waals surface area contributed by atoms with Crippen LogP contribution in [0, 0.1) is 24.7 Å². The summed E-state index contributed by atoms with van der Waals surface area (Å²) >= 11 is 0. The quantitative estimate of drug-likeness (QED) is 0.305. The SMILES string of the molecule is Cc1ccnc2c(C(=O)NC(C)c3nc4cccc(C#CC5CC(C)OC(C)C5)c4c(=O)n3-c3ccccc3)c(N)nn12. The number of amides is 1. The fourth-order valence-corrected chi connectivity index (χ4v) is 5.80. The monoisotopic (exact) mass is 575 g/mol. The van der Waals surface area contributed by atoms with Crippen LogP contribution in [0.1, 0.15) is 67.1 Å². The third-order valence-corrected chi connectivity index (χ3v) is 7.74. The molecule has 0 spiro atoms. The predicted molar refractivity (Wildman–Crippen MR) is 165 cm³/mol. The molecule has 2 aromatic carbocycles. The van der Waals surface area contributed by atoms with Gasteiger partial charge in [0.05, 0.1) is 34.8 Å². The predicted octanol–water partition coefficient (Wildman–Crippen LogP) is 4.37. The van der Waals surface area contributed by atoms with E-state index < -0.39 is 11.9 Å². The highest BCUT2D eigenvalue weighted by molar-refractivity contribution is 6.04. The molecule has 3 atom stereocenters. The number of ether oxygens (including phenoxy) is 1. The zero-order valence-electron chi connectivity index (χ0n) is 24.5. The van der Waals surface area contributed by atoms with Crippen molar-refractivity contribution in [3.8, 4) is 17.5 Å². The molecule has 1 fully saturated rings. The first-order chi connectivity index (χ1) is 20.7. The lowest BCUT2D eigenvalue weighted by atomic mass is 9.93. The van der Waals surface area contributed by atoms with Crippen LogP contribution in [0.25, 0.3) is 22.2 Å². The maximum atomic E-state index is 14.3. The van der Waals surface area contributed by atoms with Gasteiger partial charge in [-0.1, -0.05) is 36.1 Å². The fourth-order valence-electron chi connectivity index (χ4n) is 5.80. The van der Waals surface area contributed by atoms with Gasteiger partial charge in [-0.15, -0.1) is 5.10 Å². The molecule has 1 saturated heterocycles. The Labute approximate surface area is 248 Å². The number of carbonyl (C=O) groups is 1. The summed E-state index contributed by atoms with van der Waals surface area (Å²) in [7, 11) is 0. The van der Waals surface area contributed by atoms with Crippen molar-refractivity contribution in [1.29, 1.82) is 0 Å². The minimum absolute atomic E-state index is 0.0648.